The molecular formula is C19H19ClN4S. The molecule has 0 radical (unpaired) electrons. The molecule has 0 amide bonds. The summed E-state index contributed by atoms with van der Waals surface area (Å²) in [7, 11) is 0. The number of thioether (sulfide) groups is 1. The second kappa shape index (κ2) is 8.32. The van der Waals surface area contributed by atoms with Crippen LogP contribution in [0, 0.1) is 0 Å². The topological polar surface area (TPSA) is 43.1 Å². The summed E-state index contributed by atoms with van der Waals surface area (Å²) in [6.45, 7) is 4.37. The molecule has 6 heteroatoms. The maximum absolute atomic E-state index is 6.19. The van der Waals surface area contributed by atoms with Crippen molar-refractivity contribution >= 4 is 29.6 Å². The van der Waals surface area contributed by atoms with Gasteiger partial charge < -0.3 is 0 Å². The molecule has 0 aliphatic rings. The standard InChI is InChI=1S/C19H19ClN4S/c1-14(2)16-9-7-15(8-10-16)11-22-24-13-21-23-19(24)25-12-17-5-3-4-6-18(17)20/h3-11,13-14H,12H2,1-2H3/b22-11+. The van der Waals surface area contributed by atoms with Crippen molar-refractivity contribution in [3.8, 4) is 0 Å². The summed E-state index contributed by atoms with van der Waals surface area (Å²) >= 11 is 7.75. The second-order valence-corrected chi connectivity index (χ2v) is 7.25. The van der Waals surface area contributed by atoms with Crippen molar-refractivity contribution < 1.29 is 0 Å². The van der Waals surface area contributed by atoms with E-state index in [2.05, 4.69) is 53.4 Å². The van der Waals surface area contributed by atoms with Crippen LogP contribution in [0.1, 0.15) is 36.5 Å². The Labute approximate surface area is 156 Å². The Kier molecular flexibility index (Phi) is 5.89. The van der Waals surface area contributed by atoms with Gasteiger partial charge in [-0.05, 0) is 28.7 Å². The fourth-order valence-electron chi connectivity index (χ4n) is 2.25. The molecular weight excluding hydrogens is 352 g/mol. The monoisotopic (exact) mass is 370 g/mol. The van der Waals surface area contributed by atoms with Gasteiger partial charge in [0.2, 0.25) is 5.16 Å². The molecule has 4 nitrogen and oxygen atoms in total. The van der Waals surface area contributed by atoms with Crippen molar-refractivity contribution in [3.05, 3.63) is 76.6 Å². The smallest absolute Gasteiger partial charge is 0.195 e. The van der Waals surface area contributed by atoms with Crippen LogP contribution in [0.25, 0.3) is 0 Å². The van der Waals surface area contributed by atoms with Gasteiger partial charge >= 0.3 is 0 Å². The number of hydrogen-bond acceptors (Lipinski definition) is 4. The van der Waals surface area contributed by atoms with E-state index in [0.717, 1.165) is 27.1 Å². The van der Waals surface area contributed by atoms with Gasteiger partial charge in [-0.2, -0.15) is 9.78 Å². The van der Waals surface area contributed by atoms with Crippen LogP contribution < -0.4 is 0 Å². The summed E-state index contributed by atoms with van der Waals surface area (Å²) in [5.41, 5.74) is 3.43. The predicted octanol–water partition coefficient (Wildman–Crippen LogP) is 5.23. The highest BCUT2D eigenvalue weighted by Gasteiger charge is 2.06. The van der Waals surface area contributed by atoms with Gasteiger partial charge in [-0.3, -0.25) is 0 Å². The third kappa shape index (κ3) is 4.71. The van der Waals surface area contributed by atoms with E-state index in [9.17, 15) is 0 Å². The van der Waals surface area contributed by atoms with E-state index < -0.39 is 0 Å². The van der Waals surface area contributed by atoms with Gasteiger partial charge in [0, 0.05) is 10.8 Å². The van der Waals surface area contributed by atoms with Crippen LogP contribution in [0.4, 0.5) is 0 Å². The summed E-state index contributed by atoms with van der Waals surface area (Å²) in [4.78, 5) is 0. The predicted molar refractivity (Wildman–Crippen MR) is 105 cm³/mol. The van der Waals surface area contributed by atoms with E-state index >= 15 is 0 Å². The third-order valence-electron chi connectivity index (χ3n) is 3.75. The quantitative estimate of drug-likeness (QED) is 0.440. The Hall–Kier alpha value is -2.11. The van der Waals surface area contributed by atoms with E-state index in [4.69, 9.17) is 11.6 Å². The summed E-state index contributed by atoms with van der Waals surface area (Å²) < 4.78 is 1.68. The fraction of sp³-hybridized carbons (Fsp3) is 0.211. The summed E-state index contributed by atoms with van der Waals surface area (Å²) in [6.07, 6.45) is 3.42. The first kappa shape index (κ1) is 17.7. The van der Waals surface area contributed by atoms with Gasteiger partial charge in [0.25, 0.3) is 0 Å². The zero-order valence-corrected chi connectivity index (χ0v) is 15.7. The molecule has 1 heterocycles. The highest BCUT2D eigenvalue weighted by Crippen LogP contribution is 2.25. The minimum atomic E-state index is 0.525. The van der Waals surface area contributed by atoms with Crippen molar-refractivity contribution in [3.63, 3.8) is 0 Å². The van der Waals surface area contributed by atoms with Crippen LogP contribution in [0.2, 0.25) is 5.02 Å². The van der Waals surface area contributed by atoms with Crippen molar-refractivity contribution in [1.29, 1.82) is 0 Å². The molecule has 128 valence electrons. The van der Waals surface area contributed by atoms with E-state index in [0.29, 0.717) is 5.92 Å². The van der Waals surface area contributed by atoms with Gasteiger partial charge in [0.15, 0.2) is 0 Å². The molecule has 0 unspecified atom stereocenters. The van der Waals surface area contributed by atoms with E-state index in [1.807, 2.05) is 30.5 Å². The largest absolute Gasteiger partial charge is 0.212 e. The van der Waals surface area contributed by atoms with E-state index in [1.165, 1.54) is 5.56 Å². The van der Waals surface area contributed by atoms with Gasteiger partial charge in [-0.1, -0.05) is 79.7 Å². The lowest BCUT2D eigenvalue weighted by Gasteiger charge is -2.05. The molecule has 0 saturated carbocycles. The first-order valence-corrected chi connectivity index (χ1v) is 9.40. The fourth-order valence-corrected chi connectivity index (χ4v) is 3.40. The zero-order chi connectivity index (χ0) is 17.6. The van der Waals surface area contributed by atoms with Gasteiger partial charge in [0.05, 0.1) is 6.21 Å². The summed E-state index contributed by atoms with van der Waals surface area (Å²) in [6, 6.07) is 16.2. The molecule has 0 saturated heterocycles. The molecule has 0 atom stereocenters. The molecule has 0 aliphatic carbocycles. The maximum Gasteiger partial charge on any atom is 0.212 e. The molecule has 0 spiro atoms. The van der Waals surface area contributed by atoms with E-state index in [1.54, 1.807) is 22.8 Å². The molecule has 3 rings (SSSR count). The zero-order valence-electron chi connectivity index (χ0n) is 14.1. The minimum absolute atomic E-state index is 0.525. The summed E-state index contributed by atoms with van der Waals surface area (Å²) in [5, 5.41) is 14.0. The van der Waals surface area contributed by atoms with Gasteiger partial charge in [-0.15, -0.1) is 10.2 Å². The Morgan fingerprint density at radius 3 is 2.64 bits per heavy atom. The molecule has 3 aromatic rings. The molecule has 0 bridgehead atoms. The molecule has 0 fully saturated rings. The molecule has 0 aliphatic heterocycles. The Morgan fingerprint density at radius 1 is 1.16 bits per heavy atom. The highest BCUT2D eigenvalue weighted by atomic mass is 35.5. The number of halogens is 1. The van der Waals surface area contributed by atoms with Crippen LogP contribution in [-0.2, 0) is 5.75 Å². The van der Waals surface area contributed by atoms with Crippen molar-refractivity contribution in [2.45, 2.75) is 30.7 Å². The van der Waals surface area contributed by atoms with Crippen LogP contribution in [0.5, 0.6) is 0 Å². The first-order valence-electron chi connectivity index (χ1n) is 8.04. The van der Waals surface area contributed by atoms with Crippen molar-refractivity contribution in [2.24, 2.45) is 5.10 Å². The lowest BCUT2D eigenvalue weighted by molar-refractivity contribution is 0.767. The second-order valence-electron chi connectivity index (χ2n) is 5.90. The Morgan fingerprint density at radius 2 is 1.92 bits per heavy atom. The van der Waals surface area contributed by atoms with Crippen LogP contribution >= 0.6 is 23.4 Å². The molecule has 25 heavy (non-hydrogen) atoms. The SMILES string of the molecule is CC(C)c1ccc(/C=N/n2cnnc2SCc2ccccc2Cl)cc1. The summed E-state index contributed by atoms with van der Waals surface area (Å²) in [5.74, 6) is 1.24. The average molecular weight is 371 g/mol. The minimum Gasteiger partial charge on any atom is -0.195 e. The maximum atomic E-state index is 6.19. The Bertz CT molecular complexity index is 856. The van der Waals surface area contributed by atoms with Crippen LogP contribution in [0.15, 0.2) is 65.1 Å². The highest BCUT2D eigenvalue weighted by molar-refractivity contribution is 7.98. The Balaban J connectivity index is 1.68. The first-order chi connectivity index (χ1) is 12.1. The number of hydrogen-bond donors (Lipinski definition) is 0. The molecule has 2 aromatic carbocycles. The van der Waals surface area contributed by atoms with Crippen LogP contribution in [0.3, 0.4) is 0 Å². The number of nitrogens with zero attached hydrogens (tertiary/aromatic N) is 4. The van der Waals surface area contributed by atoms with E-state index in [-0.39, 0.29) is 0 Å². The number of rotatable bonds is 6. The third-order valence-corrected chi connectivity index (χ3v) is 5.10. The molecule has 1 aromatic heterocycles. The lowest BCUT2D eigenvalue weighted by atomic mass is 10.0. The van der Waals surface area contributed by atoms with Crippen LogP contribution in [-0.4, -0.2) is 21.1 Å². The van der Waals surface area contributed by atoms with Crippen molar-refractivity contribution in [2.75, 3.05) is 0 Å². The molecule has 0 N–H and O–H groups in total. The number of aromatic nitrogens is 3. The average Bonchev–Trinajstić information content (AvgIpc) is 3.07. The normalized spacial score (nSPS) is 11.5. The van der Waals surface area contributed by atoms with Gasteiger partial charge in [-0.25, -0.2) is 0 Å². The van der Waals surface area contributed by atoms with Crippen molar-refractivity contribution in [1.82, 2.24) is 14.9 Å². The number of benzene rings is 2. The van der Waals surface area contributed by atoms with Gasteiger partial charge in [0.1, 0.15) is 6.33 Å². The lowest BCUT2D eigenvalue weighted by Crippen LogP contribution is -1.94.